The third kappa shape index (κ3) is 4.90. The molecule has 0 aromatic carbocycles. The number of carboxylic acid groups (broad SMARTS) is 1. The number of halogens is 1. The lowest BCUT2D eigenvalue weighted by atomic mass is 10.3. The summed E-state index contributed by atoms with van der Waals surface area (Å²) in [5.41, 5.74) is 0. The third-order valence-electron chi connectivity index (χ3n) is 3.02. The maximum atomic E-state index is 11.9. The molecule has 1 aliphatic carbocycles. The highest BCUT2D eigenvalue weighted by Gasteiger charge is 2.30. The van der Waals surface area contributed by atoms with E-state index in [1.165, 1.54) is 0 Å². The minimum atomic E-state index is -0.842. The fourth-order valence-corrected chi connectivity index (χ4v) is 2.12. The van der Waals surface area contributed by atoms with Crippen molar-refractivity contribution in [1.29, 1.82) is 0 Å². The van der Waals surface area contributed by atoms with E-state index in [9.17, 15) is 9.59 Å². The standard InChI is InChI=1S/C13H16BrN3O3/c14-9-1-4-11(15-7-9)16-12(18)8-17(10-2-3-10)6-5-13(19)20/h1,4,7,10H,2-3,5-6,8H2,(H,19,20)(H,15,16,18). The topological polar surface area (TPSA) is 82.5 Å². The summed E-state index contributed by atoms with van der Waals surface area (Å²) in [5, 5.41) is 11.4. The van der Waals surface area contributed by atoms with Crippen LogP contribution in [0.15, 0.2) is 22.8 Å². The van der Waals surface area contributed by atoms with E-state index in [-0.39, 0.29) is 18.9 Å². The van der Waals surface area contributed by atoms with Crippen molar-refractivity contribution in [3.8, 4) is 0 Å². The molecule has 1 aromatic heterocycles. The second-order valence-corrected chi connectivity index (χ2v) is 5.67. The van der Waals surface area contributed by atoms with Crippen LogP contribution < -0.4 is 5.32 Å². The molecule has 1 fully saturated rings. The van der Waals surface area contributed by atoms with E-state index in [4.69, 9.17) is 5.11 Å². The van der Waals surface area contributed by atoms with E-state index in [0.29, 0.717) is 18.4 Å². The molecule has 1 heterocycles. The number of carbonyl (C=O) groups is 2. The van der Waals surface area contributed by atoms with Gasteiger partial charge in [-0.3, -0.25) is 14.5 Å². The predicted octanol–water partition coefficient (Wildman–Crippen LogP) is 1.72. The Kier molecular flexibility index (Phi) is 5.08. The van der Waals surface area contributed by atoms with Crippen LogP contribution in [0.2, 0.25) is 0 Å². The van der Waals surface area contributed by atoms with Crippen LogP contribution in [0.3, 0.4) is 0 Å². The van der Waals surface area contributed by atoms with Crippen LogP contribution in [0.25, 0.3) is 0 Å². The molecule has 0 spiro atoms. The van der Waals surface area contributed by atoms with Crippen LogP contribution in [0.1, 0.15) is 19.3 Å². The van der Waals surface area contributed by atoms with Crippen molar-refractivity contribution in [2.45, 2.75) is 25.3 Å². The zero-order valence-corrected chi connectivity index (χ0v) is 12.5. The second-order valence-electron chi connectivity index (χ2n) is 4.76. The van der Waals surface area contributed by atoms with Gasteiger partial charge in [0.1, 0.15) is 5.82 Å². The Morgan fingerprint density at radius 3 is 2.75 bits per heavy atom. The van der Waals surface area contributed by atoms with Gasteiger partial charge < -0.3 is 10.4 Å². The van der Waals surface area contributed by atoms with Gasteiger partial charge in [0.05, 0.1) is 13.0 Å². The summed E-state index contributed by atoms with van der Waals surface area (Å²) in [6.07, 6.45) is 3.73. The quantitative estimate of drug-likeness (QED) is 0.789. The number of amides is 1. The first-order chi connectivity index (χ1) is 9.54. The molecule has 1 aliphatic rings. The van der Waals surface area contributed by atoms with Crippen LogP contribution in [0.5, 0.6) is 0 Å². The van der Waals surface area contributed by atoms with Gasteiger partial charge in [0.2, 0.25) is 5.91 Å². The first-order valence-electron chi connectivity index (χ1n) is 6.42. The first-order valence-corrected chi connectivity index (χ1v) is 7.21. The molecule has 6 nitrogen and oxygen atoms in total. The lowest BCUT2D eigenvalue weighted by Crippen LogP contribution is -2.36. The summed E-state index contributed by atoms with van der Waals surface area (Å²) in [7, 11) is 0. The number of anilines is 1. The van der Waals surface area contributed by atoms with Gasteiger partial charge in [0, 0.05) is 23.3 Å². The number of rotatable bonds is 7. The minimum Gasteiger partial charge on any atom is -0.481 e. The Morgan fingerprint density at radius 2 is 2.20 bits per heavy atom. The normalized spacial score (nSPS) is 14.3. The maximum Gasteiger partial charge on any atom is 0.304 e. The van der Waals surface area contributed by atoms with Gasteiger partial charge in [-0.15, -0.1) is 0 Å². The summed E-state index contributed by atoms with van der Waals surface area (Å²) in [4.78, 5) is 28.5. The number of nitrogens with zero attached hydrogens (tertiary/aromatic N) is 2. The molecule has 0 radical (unpaired) electrons. The zero-order chi connectivity index (χ0) is 14.5. The SMILES string of the molecule is O=C(O)CCN(CC(=O)Nc1ccc(Br)cn1)C1CC1. The molecule has 0 unspecified atom stereocenters. The van der Waals surface area contributed by atoms with Gasteiger partial charge in [-0.05, 0) is 40.9 Å². The summed E-state index contributed by atoms with van der Waals surface area (Å²) in [5.74, 6) is -0.519. The van der Waals surface area contributed by atoms with E-state index < -0.39 is 5.97 Å². The molecule has 1 aromatic rings. The van der Waals surface area contributed by atoms with E-state index in [1.807, 2.05) is 4.90 Å². The van der Waals surface area contributed by atoms with Crippen molar-refractivity contribution >= 4 is 33.6 Å². The van der Waals surface area contributed by atoms with Gasteiger partial charge in [0.15, 0.2) is 0 Å². The van der Waals surface area contributed by atoms with Crippen molar-refractivity contribution < 1.29 is 14.7 Å². The largest absolute Gasteiger partial charge is 0.481 e. The molecule has 0 bridgehead atoms. The van der Waals surface area contributed by atoms with Gasteiger partial charge in [-0.25, -0.2) is 4.98 Å². The van der Waals surface area contributed by atoms with Gasteiger partial charge >= 0.3 is 5.97 Å². The molecule has 20 heavy (non-hydrogen) atoms. The molecule has 1 saturated carbocycles. The van der Waals surface area contributed by atoms with Gasteiger partial charge in [-0.2, -0.15) is 0 Å². The molecule has 2 N–H and O–H groups in total. The lowest BCUT2D eigenvalue weighted by Gasteiger charge is -2.20. The Bertz CT molecular complexity index is 488. The van der Waals surface area contributed by atoms with Crippen LogP contribution >= 0.6 is 15.9 Å². The molecule has 0 aliphatic heterocycles. The molecule has 1 amide bonds. The van der Waals surface area contributed by atoms with Crippen molar-refractivity contribution in [3.63, 3.8) is 0 Å². The number of carbonyl (C=O) groups excluding carboxylic acids is 1. The highest BCUT2D eigenvalue weighted by atomic mass is 79.9. The second kappa shape index (κ2) is 6.81. The third-order valence-corrected chi connectivity index (χ3v) is 3.49. The van der Waals surface area contributed by atoms with E-state index in [2.05, 4.69) is 26.2 Å². The Labute approximate surface area is 125 Å². The number of nitrogens with one attached hydrogen (secondary N) is 1. The molecular weight excluding hydrogens is 326 g/mol. The Balaban J connectivity index is 1.84. The van der Waals surface area contributed by atoms with Crippen LogP contribution in [-0.4, -0.2) is 46.0 Å². The molecule has 2 rings (SSSR count). The smallest absolute Gasteiger partial charge is 0.304 e. The van der Waals surface area contributed by atoms with Crippen LogP contribution in [0, 0.1) is 0 Å². The van der Waals surface area contributed by atoms with E-state index in [0.717, 1.165) is 17.3 Å². The van der Waals surface area contributed by atoms with Crippen molar-refractivity contribution in [2.75, 3.05) is 18.4 Å². The molecule has 0 saturated heterocycles. The zero-order valence-electron chi connectivity index (χ0n) is 10.9. The van der Waals surface area contributed by atoms with Crippen LogP contribution in [-0.2, 0) is 9.59 Å². The minimum absolute atomic E-state index is 0.0559. The number of pyridine rings is 1. The Morgan fingerprint density at radius 1 is 1.45 bits per heavy atom. The van der Waals surface area contributed by atoms with Gasteiger partial charge in [-0.1, -0.05) is 0 Å². The summed E-state index contributed by atoms with van der Waals surface area (Å²) in [6.45, 7) is 0.608. The number of aromatic nitrogens is 1. The van der Waals surface area contributed by atoms with E-state index in [1.54, 1.807) is 18.3 Å². The van der Waals surface area contributed by atoms with E-state index >= 15 is 0 Å². The fraction of sp³-hybridized carbons (Fsp3) is 0.462. The van der Waals surface area contributed by atoms with Crippen molar-refractivity contribution in [3.05, 3.63) is 22.8 Å². The number of hydrogen-bond donors (Lipinski definition) is 2. The average Bonchev–Trinajstić information content (AvgIpc) is 3.21. The summed E-state index contributed by atoms with van der Waals surface area (Å²) < 4.78 is 0.844. The first kappa shape index (κ1) is 14.9. The monoisotopic (exact) mass is 341 g/mol. The number of aliphatic carboxylic acids is 1. The lowest BCUT2D eigenvalue weighted by molar-refractivity contribution is -0.137. The summed E-state index contributed by atoms with van der Waals surface area (Å²) in [6, 6.07) is 3.85. The maximum absolute atomic E-state index is 11.9. The highest BCUT2D eigenvalue weighted by molar-refractivity contribution is 9.10. The molecule has 108 valence electrons. The highest BCUT2D eigenvalue weighted by Crippen LogP contribution is 2.26. The van der Waals surface area contributed by atoms with Gasteiger partial charge in [0.25, 0.3) is 0 Å². The van der Waals surface area contributed by atoms with Crippen molar-refractivity contribution in [1.82, 2.24) is 9.88 Å². The summed E-state index contributed by atoms with van der Waals surface area (Å²) >= 11 is 3.27. The fourth-order valence-electron chi connectivity index (χ4n) is 1.89. The number of carboxylic acids is 1. The van der Waals surface area contributed by atoms with Crippen LogP contribution in [0.4, 0.5) is 5.82 Å². The Hall–Kier alpha value is -1.47. The average molecular weight is 342 g/mol. The predicted molar refractivity (Wildman–Crippen MR) is 77.4 cm³/mol. The molecule has 7 heteroatoms. The molecular formula is C13H16BrN3O3. The van der Waals surface area contributed by atoms with Crippen molar-refractivity contribution in [2.24, 2.45) is 0 Å². The molecule has 0 atom stereocenters. The number of hydrogen-bond acceptors (Lipinski definition) is 4.